The molecule has 110 valence electrons. The molecule has 1 rings (SSSR count). The Morgan fingerprint density at radius 1 is 1.45 bits per heavy atom. The monoisotopic (exact) mass is 297 g/mol. The molecular weight excluding hydrogens is 278 g/mol. The number of carbonyl (C=O) groups excluding carboxylic acids is 1. The van der Waals surface area contributed by atoms with Crippen molar-refractivity contribution in [1.29, 1.82) is 0 Å². The van der Waals surface area contributed by atoms with Crippen molar-refractivity contribution in [3.05, 3.63) is 34.9 Å². The lowest BCUT2D eigenvalue weighted by Gasteiger charge is -2.19. The second kappa shape index (κ2) is 7.20. The predicted molar refractivity (Wildman–Crippen MR) is 81.0 cm³/mol. The van der Waals surface area contributed by atoms with Gasteiger partial charge in [0.25, 0.3) is 0 Å². The maximum Gasteiger partial charge on any atom is 0.407 e. The molecule has 0 spiro atoms. The van der Waals surface area contributed by atoms with Crippen molar-refractivity contribution in [2.45, 2.75) is 32.8 Å². The highest BCUT2D eigenvalue weighted by Gasteiger charge is 2.15. The van der Waals surface area contributed by atoms with Crippen molar-refractivity contribution in [2.24, 2.45) is 0 Å². The summed E-state index contributed by atoms with van der Waals surface area (Å²) in [5.41, 5.74) is 0.249. The van der Waals surface area contributed by atoms with Crippen molar-refractivity contribution >= 4 is 23.8 Å². The van der Waals surface area contributed by atoms with Gasteiger partial charge in [0.2, 0.25) is 0 Å². The normalized spacial score (nSPS) is 11.6. The predicted octanol–water partition coefficient (Wildman–Crippen LogP) is 3.97. The van der Waals surface area contributed by atoms with E-state index < -0.39 is 11.7 Å². The van der Waals surface area contributed by atoms with Gasteiger partial charge in [-0.3, -0.25) is 0 Å². The van der Waals surface area contributed by atoms with Crippen LogP contribution in [0.3, 0.4) is 0 Å². The van der Waals surface area contributed by atoms with E-state index in [2.05, 4.69) is 5.32 Å². The van der Waals surface area contributed by atoms with Crippen LogP contribution in [0.4, 0.5) is 4.79 Å². The first kappa shape index (κ1) is 16.4. The minimum Gasteiger partial charge on any atom is -0.508 e. The third kappa shape index (κ3) is 6.48. The van der Waals surface area contributed by atoms with Gasteiger partial charge < -0.3 is 15.2 Å². The van der Waals surface area contributed by atoms with E-state index in [1.54, 1.807) is 18.2 Å². The quantitative estimate of drug-likeness (QED) is 0.827. The van der Waals surface area contributed by atoms with Gasteiger partial charge in [-0.15, -0.1) is 0 Å². The number of rotatable bonds is 4. The molecule has 0 fully saturated rings. The van der Waals surface area contributed by atoms with Crippen molar-refractivity contribution < 1.29 is 14.6 Å². The Balaban J connectivity index is 2.36. The van der Waals surface area contributed by atoms with Gasteiger partial charge in [0.05, 0.1) is 0 Å². The molecule has 0 aliphatic rings. The lowest BCUT2D eigenvalue weighted by molar-refractivity contribution is 0.0529. The first-order valence-corrected chi connectivity index (χ1v) is 6.77. The largest absolute Gasteiger partial charge is 0.508 e. The summed E-state index contributed by atoms with van der Waals surface area (Å²) in [6.07, 6.45) is 3.89. The maximum atomic E-state index is 11.4. The Hall–Kier alpha value is -1.68. The van der Waals surface area contributed by atoms with Crippen LogP contribution in [0, 0.1) is 0 Å². The number of alkyl carbamates (subject to hydrolysis) is 1. The molecule has 0 aliphatic heterocycles. The highest BCUT2D eigenvalue weighted by molar-refractivity contribution is 6.32. The molecule has 1 amide bonds. The summed E-state index contributed by atoms with van der Waals surface area (Å²) in [5.74, 6) is 0.168. The molecule has 0 radical (unpaired) electrons. The minimum atomic E-state index is -0.491. The van der Waals surface area contributed by atoms with Gasteiger partial charge in [0.1, 0.15) is 11.4 Å². The number of hydrogen-bond donors (Lipinski definition) is 2. The number of nitrogens with one attached hydrogen (secondary N) is 1. The number of phenols is 1. The Kier molecular flexibility index (Phi) is 5.89. The molecule has 0 atom stereocenters. The number of benzene rings is 1. The van der Waals surface area contributed by atoms with Gasteiger partial charge in [0, 0.05) is 11.6 Å². The highest BCUT2D eigenvalue weighted by Crippen LogP contribution is 2.22. The molecule has 0 unspecified atom stereocenters. The summed E-state index contributed by atoms with van der Waals surface area (Å²) in [7, 11) is 0. The van der Waals surface area contributed by atoms with Crippen molar-refractivity contribution in [3.63, 3.8) is 0 Å². The maximum absolute atomic E-state index is 11.4. The van der Waals surface area contributed by atoms with Gasteiger partial charge in [-0.2, -0.15) is 0 Å². The molecule has 2 N–H and O–H groups in total. The average Bonchev–Trinajstić information content (AvgIpc) is 2.30. The molecule has 1 aromatic rings. The molecule has 0 aliphatic carbocycles. The molecule has 1 aromatic carbocycles. The molecule has 20 heavy (non-hydrogen) atoms. The number of phenolic OH excluding ortho intramolecular Hbond substituents is 1. The van der Waals surface area contributed by atoms with E-state index >= 15 is 0 Å². The Morgan fingerprint density at radius 3 is 2.80 bits per heavy atom. The van der Waals surface area contributed by atoms with Crippen molar-refractivity contribution in [1.82, 2.24) is 5.32 Å². The zero-order valence-corrected chi connectivity index (χ0v) is 12.7. The van der Waals surface area contributed by atoms with Gasteiger partial charge in [-0.25, -0.2) is 4.79 Å². The highest BCUT2D eigenvalue weighted by atomic mass is 35.5. The van der Waals surface area contributed by atoms with Crippen LogP contribution in [0.15, 0.2) is 24.3 Å². The summed E-state index contributed by atoms with van der Waals surface area (Å²) >= 11 is 5.98. The molecular formula is C15H20ClNO3. The van der Waals surface area contributed by atoms with Crippen LogP contribution in [-0.2, 0) is 4.74 Å². The summed E-state index contributed by atoms with van der Waals surface area (Å²) in [6, 6.07) is 4.75. The summed E-state index contributed by atoms with van der Waals surface area (Å²) < 4.78 is 5.11. The fourth-order valence-electron chi connectivity index (χ4n) is 1.44. The van der Waals surface area contributed by atoms with E-state index in [-0.39, 0.29) is 5.75 Å². The number of ether oxygens (including phenoxy) is 1. The van der Waals surface area contributed by atoms with Crippen LogP contribution in [0.25, 0.3) is 6.08 Å². The van der Waals surface area contributed by atoms with Gasteiger partial charge >= 0.3 is 6.09 Å². The number of hydrogen-bond acceptors (Lipinski definition) is 3. The van der Waals surface area contributed by atoms with Crippen LogP contribution < -0.4 is 5.32 Å². The Bertz CT molecular complexity index is 492. The Labute approximate surface area is 124 Å². The van der Waals surface area contributed by atoms with Crippen LogP contribution >= 0.6 is 11.6 Å². The van der Waals surface area contributed by atoms with Crippen LogP contribution in [-0.4, -0.2) is 23.3 Å². The fourth-order valence-corrected chi connectivity index (χ4v) is 1.62. The number of carbonyl (C=O) groups is 1. The van der Waals surface area contributed by atoms with Crippen molar-refractivity contribution in [3.8, 4) is 5.75 Å². The summed E-state index contributed by atoms with van der Waals surface area (Å²) in [6.45, 7) is 5.92. The minimum absolute atomic E-state index is 0.168. The lowest BCUT2D eigenvalue weighted by Crippen LogP contribution is -2.32. The first-order valence-electron chi connectivity index (χ1n) is 6.40. The zero-order chi connectivity index (χ0) is 15.2. The van der Waals surface area contributed by atoms with Gasteiger partial charge in [-0.1, -0.05) is 23.8 Å². The Morgan fingerprint density at radius 2 is 2.15 bits per heavy atom. The smallest absolute Gasteiger partial charge is 0.407 e. The summed E-state index contributed by atoms with van der Waals surface area (Å²) in [5, 5.41) is 12.6. The second-order valence-electron chi connectivity index (χ2n) is 5.33. The second-order valence-corrected chi connectivity index (χ2v) is 5.73. The first-order chi connectivity index (χ1) is 9.28. The van der Waals surface area contributed by atoms with E-state index in [0.717, 1.165) is 5.56 Å². The third-order valence-corrected chi connectivity index (χ3v) is 2.60. The van der Waals surface area contributed by atoms with Gasteiger partial charge in [-0.05, 0) is 51.0 Å². The van der Waals surface area contributed by atoms with E-state index in [9.17, 15) is 9.90 Å². The summed E-state index contributed by atoms with van der Waals surface area (Å²) in [4.78, 5) is 11.4. The molecule has 0 saturated carbocycles. The van der Waals surface area contributed by atoms with E-state index in [1.165, 1.54) is 6.07 Å². The third-order valence-electron chi connectivity index (χ3n) is 2.26. The molecule has 4 nitrogen and oxygen atoms in total. The molecule has 0 aromatic heterocycles. The van der Waals surface area contributed by atoms with E-state index in [4.69, 9.17) is 16.3 Å². The lowest BCUT2D eigenvalue weighted by atomic mass is 10.2. The zero-order valence-electron chi connectivity index (χ0n) is 11.9. The molecule has 0 saturated heterocycles. The fraction of sp³-hybridized carbons (Fsp3) is 0.400. The average molecular weight is 298 g/mol. The SMILES string of the molecule is CC(C)(C)OC(=O)NCCC=Cc1cc(O)ccc1Cl. The number of aromatic hydroxyl groups is 1. The van der Waals surface area contributed by atoms with E-state index in [0.29, 0.717) is 18.0 Å². The van der Waals surface area contributed by atoms with Crippen molar-refractivity contribution in [2.75, 3.05) is 6.54 Å². The standard InChI is InChI=1S/C15H20ClNO3/c1-15(2,3)20-14(19)17-9-5-4-6-11-10-12(18)7-8-13(11)16/h4,6-8,10,18H,5,9H2,1-3H3,(H,17,19). The van der Waals surface area contributed by atoms with Crippen LogP contribution in [0.2, 0.25) is 5.02 Å². The molecule has 0 heterocycles. The van der Waals surface area contributed by atoms with E-state index in [1.807, 2.05) is 26.8 Å². The number of halogens is 1. The molecule has 0 bridgehead atoms. The van der Waals surface area contributed by atoms with Gasteiger partial charge in [0.15, 0.2) is 0 Å². The molecule has 5 heteroatoms. The van der Waals surface area contributed by atoms with Crippen LogP contribution in [0.5, 0.6) is 5.75 Å². The number of amides is 1. The topological polar surface area (TPSA) is 58.6 Å². The van der Waals surface area contributed by atoms with Crippen LogP contribution in [0.1, 0.15) is 32.8 Å².